The van der Waals surface area contributed by atoms with Crippen LogP contribution in [0.25, 0.3) is 0 Å². The summed E-state index contributed by atoms with van der Waals surface area (Å²) in [5.74, 6) is -0.906. The number of carboxylic acids is 1. The van der Waals surface area contributed by atoms with E-state index in [1.807, 2.05) is 13.0 Å². The monoisotopic (exact) mass is 168 g/mol. The lowest BCUT2D eigenvalue weighted by molar-refractivity contribution is -0.131. The van der Waals surface area contributed by atoms with Gasteiger partial charge in [0.1, 0.15) is 0 Å². The van der Waals surface area contributed by atoms with Crippen LogP contribution in [-0.4, -0.2) is 11.1 Å². The van der Waals surface area contributed by atoms with Crippen LogP contribution >= 0.6 is 0 Å². The molecular formula is C10H16O2. The van der Waals surface area contributed by atoms with E-state index in [1.54, 1.807) is 6.08 Å². The molecule has 0 aliphatic rings. The Balaban J connectivity index is 4.31. The highest BCUT2D eigenvalue weighted by Crippen LogP contribution is 2.17. The topological polar surface area (TPSA) is 37.3 Å². The number of rotatable bonds is 2. The quantitative estimate of drug-likeness (QED) is 0.508. The highest BCUT2D eigenvalue weighted by Gasteiger charge is 2.04. The van der Waals surface area contributed by atoms with Gasteiger partial charge >= 0.3 is 5.97 Å². The molecule has 0 aliphatic carbocycles. The third kappa shape index (κ3) is 7.06. The van der Waals surface area contributed by atoms with Gasteiger partial charge in [0.2, 0.25) is 0 Å². The first-order chi connectivity index (χ1) is 5.31. The number of aliphatic carboxylic acids is 1. The van der Waals surface area contributed by atoms with Crippen LogP contribution in [0.1, 0.15) is 27.7 Å². The average molecular weight is 168 g/mol. The molecule has 0 atom stereocenters. The van der Waals surface area contributed by atoms with Crippen molar-refractivity contribution in [3.63, 3.8) is 0 Å². The van der Waals surface area contributed by atoms with E-state index in [2.05, 4.69) is 20.8 Å². The van der Waals surface area contributed by atoms with Crippen LogP contribution in [0.3, 0.4) is 0 Å². The Bertz CT molecular complexity index is 216. The molecule has 68 valence electrons. The lowest BCUT2D eigenvalue weighted by Gasteiger charge is -2.12. The number of hydrogen-bond acceptors (Lipinski definition) is 1. The van der Waals surface area contributed by atoms with Crippen LogP contribution in [0.2, 0.25) is 0 Å². The van der Waals surface area contributed by atoms with Gasteiger partial charge in [-0.25, -0.2) is 4.79 Å². The van der Waals surface area contributed by atoms with Crippen molar-refractivity contribution in [3.8, 4) is 0 Å². The van der Waals surface area contributed by atoms with Crippen molar-refractivity contribution in [3.05, 3.63) is 23.8 Å². The zero-order valence-electron chi connectivity index (χ0n) is 8.09. The second-order valence-corrected chi connectivity index (χ2v) is 3.93. The summed E-state index contributed by atoms with van der Waals surface area (Å²) in [6.07, 6.45) is 4.79. The average Bonchev–Trinajstić information content (AvgIpc) is 1.79. The van der Waals surface area contributed by atoms with E-state index in [0.29, 0.717) is 0 Å². The molecule has 0 aromatic carbocycles. The first-order valence-corrected chi connectivity index (χ1v) is 3.92. The molecule has 0 aromatic heterocycles. The summed E-state index contributed by atoms with van der Waals surface area (Å²) >= 11 is 0. The molecule has 0 radical (unpaired) electrons. The van der Waals surface area contributed by atoms with Crippen molar-refractivity contribution in [1.82, 2.24) is 0 Å². The molecule has 0 heterocycles. The molecule has 0 bridgehead atoms. The van der Waals surface area contributed by atoms with E-state index in [9.17, 15) is 4.79 Å². The molecule has 0 saturated carbocycles. The highest BCUT2D eigenvalue weighted by atomic mass is 16.4. The predicted octanol–water partition coefficient (Wildman–Crippen LogP) is 2.62. The van der Waals surface area contributed by atoms with Gasteiger partial charge in [0.15, 0.2) is 0 Å². The van der Waals surface area contributed by atoms with E-state index in [-0.39, 0.29) is 5.41 Å². The summed E-state index contributed by atoms with van der Waals surface area (Å²) in [5.41, 5.74) is 1.08. The minimum absolute atomic E-state index is 0.104. The Kier molecular flexibility index (Phi) is 3.74. The maximum Gasteiger partial charge on any atom is 0.328 e. The van der Waals surface area contributed by atoms with Crippen molar-refractivity contribution in [2.45, 2.75) is 27.7 Å². The Labute approximate surface area is 73.6 Å². The maximum absolute atomic E-state index is 10.2. The van der Waals surface area contributed by atoms with Gasteiger partial charge in [0.05, 0.1) is 0 Å². The summed E-state index contributed by atoms with van der Waals surface area (Å²) in [5, 5.41) is 8.35. The van der Waals surface area contributed by atoms with Gasteiger partial charge in [-0.1, -0.05) is 38.5 Å². The molecule has 0 saturated heterocycles. The lowest BCUT2D eigenvalue weighted by atomic mass is 9.94. The molecule has 0 aliphatic heterocycles. The Morgan fingerprint density at radius 2 is 1.75 bits per heavy atom. The number of carboxylic acid groups (broad SMARTS) is 1. The maximum atomic E-state index is 10.2. The summed E-state index contributed by atoms with van der Waals surface area (Å²) < 4.78 is 0. The molecular weight excluding hydrogens is 152 g/mol. The van der Waals surface area contributed by atoms with Gasteiger partial charge in [-0.15, -0.1) is 0 Å². The molecule has 0 spiro atoms. The summed E-state index contributed by atoms with van der Waals surface area (Å²) in [4.78, 5) is 10.2. The van der Waals surface area contributed by atoms with E-state index in [0.717, 1.165) is 11.6 Å². The van der Waals surface area contributed by atoms with E-state index >= 15 is 0 Å². The molecule has 0 aromatic rings. The molecule has 2 heteroatoms. The van der Waals surface area contributed by atoms with Crippen molar-refractivity contribution in [2.24, 2.45) is 5.41 Å². The minimum atomic E-state index is -0.906. The first kappa shape index (κ1) is 11.0. The van der Waals surface area contributed by atoms with E-state index in [1.165, 1.54) is 0 Å². The molecule has 1 N–H and O–H groups in total. The number of carbonyl (C=O) groups is 1. The smallest absolute Gasteiger partial charge is 0.328 e. The van der Waals surface area contributed by atoms with Crippen LogP contribution in [-0.2, 0) is 4.79 Å². The largest absolute Gasteiger partial charge is 0.478 e. The summed E-state index contributed by atoms with van der Waals surface area (Å²) in [7, 11) is 0. The summed E-state index contributed by atoms with van der Waals surface area (Å²) in [6.45, 7) is 8.12. The summed E-state index contributed by atoms with van der Waals surface area (Å²) in [6, 6.07) is 0. The fourth-order valence-electron chi connectivity index (χ4n) is 0.934. The van der Waals surface area contributed by atoms with Crippen LogP contribution in [0.4, 0.5) is 0 Å². The molecule has 2 nitrogen and oxygen atoms in total. The van der Waals surface area contributed by atoms with Crippen LogP contribution in [0, 0.1) is 5.41 Å². The Morgan fingerprint density at radius 3 is 2.08 bits per heavy atom. The highest BCUT2D eigenvalue weighted by molar-refractivity contribution is 5.80. The fraction of sp³-hybridized carbons (Fsp3) is 0.500. The molecule has 0 fully saturated rings. The second kappa shape index (κ2) is 4.10. The molecule has 0 rings (SSSR count). The van der Waals surface area contributed by atoms with Gasteiger partial charge in [0.25, 0.3) is 0 Å². The fourth-order valence-corrected chi connectivity index (χ4v) is 0.934. The zero-order valence-corrected chi connectivity index (χ0v) is 8.09. The Hall–Kier alpha value is -1.05. The van der Waals surface area contributed by atoms with Crippen molar-refractivity contribution >= 4 is 5.97 Å². The molecule has 0 unspecified atom stereocenters. The lowest BCUT2D eigenvalue weighted by Crippen LogP contribution is -1.99. The zero-order chi connectivity index (χ0) is 9.78. The number of hydrogen-bond donors (Lipinski definition) is 1. The minimum Gasteiger partial charge on any atom is -0.478 e. The van der Waals surface area contributed by atoms with Gasteiger partial charge in [-0.05, 0) is 12.3 Å². The van der Waals surface area contributed by atoms with E-state index in [4.69, 9.17) is 5.11 Å². The van der Waals surface area contributed by atoms with Crippen molar-refractivity contribution in [1.29, 1.82) is 0 Å². The van der Waals surface area contributed by atoms with Crippen LogP contribution in [0.15, 0.2) is 23.8 Å². The number of allylic oxidation sites excluding steroid dienone is 3. The predicted molar refractivity (Wildman–Crippen MR) is 50.0 cm³/mol. The van der Waals surface area contributed by atoms with Crippen molar-refractivity contribution < 1.29 is 9.90 Å². The van der Waals surface area contributed by atoms with E-state index < -0.39 is 5.97 Å². The second-order valence-electron chi connectivity index (χ2n) is 3.93. The van der Waals surface area contributed by atoms with Gasteiger partial charge < -0.3 is 5.11 Å². The molecule has 12 heavy (non-hydrogen) atoms. The SMILES string of the molecule is CC(/C=C/C(=O)O)=C\C(C)(C)C. The van der Waals surface area contributed by atoms with Gasteiger partial charge in [-0.2, -0.15) is 0 Å². The molecule has 0 amide bonds. The Morgan fingerprint density at radius 1 is 1.25 bits per heavy atom. The first-order valence-electron chi connectivity index (χ1n) is 3.92. The normalized spacial score (nSPS) is 13.8. The standard InChI is InChI=1S/C10H16O2/c1-8(5-6-9(11)12)7-10(2,3)4/h5-7H,1-4H3,(H,11,12)/b6-5+,8-7+. The van der Waals surface area contributed by atoms with Crippen LogP contribution < -0.4 is 0 Å². The van der Waals surface area contributed by atoms with Crippen molar-refractivity contribution in [2.75, 3.05) is 0 Å². The third-order valence-electron chi connectivity index (χ3n) is 1.15. The van der Waals surface area contributed by atoms with Crippen LogP contribution in [0.5, 0.6) is 0 Å². The third-order valence-corrected chi connectivity index (χ3v) is 1.15. The van der Waals surface area contributed by atoms with Gasteiger partial charge in [-0.3, -0.25) is 0 Å². The van der Waals surface area contributed by atoms with Gasteiger partial charge in [0, 0.05) is 6.08 Å².